The van der Waals surface area contributed by atoms with Gasteiger partial charge < -0.3 is 0 Å². The van der Waals surface area contributed by atoms with Crippen LogP contribution in [0.1, 0.15) is 94.5 Å². The molecule has 0 fully saturated rings. The van der Waals surface area contributed by atoms with Gasteiger partial charge in [0.2, 0.25) is 0 Å². The summed E-state index contributed by atoms with van der Waals surface area (Å²) >= 11 is 0. The van der Waals surface area contributed by atoms with Crippen LogP contribution < -0.4 is 9.80 Å². The van der Waals surface area contributed by atoms with E-state index < -0.39 is 5.41 Å². The topological polar surface area (TPSA) is 58.0 Å². The number of aromatic nitrogens is 4. The molecule has 0 unspecified atom stereocenters. The highest BCUT2D eigenvalue weighted by Gasteiger charge is 2.47. The number of hydrogen-bond donors (Lipinski definition) is 0. The molecular weight excluding hydrogens is 1230 g/mol. The Bertz CT molecular complexity index is 5570. The van der Waals surface area contributed by atoms with E-state index in [0.717, 1.165) is 100.0 Å². The molecule has 3 aliphatic rings. The van der Waals surface area contributed by atoms with Gasteiger partial charge in [-0.25, -0.2) is 19.9 Å². The molecule has 0 N–H and O–H groups in total. The number of benzene rings is 12. The summed E-state index contributed by atoms with van der Waals surface area (Å²) in [5, 5.41) is 8.77. The van der Waals surface area contributed by atoms with Crippen LogP contribution in [0.4, 0.5) is 34.6 Å². The highest BCUT2D eigenvalue weighted by Crippen LogP contribution is 2.58. The third-order valence-corrected chi connectivity index (χ3v) is 21.9. The van der Waals surface area contributed by atoms with E-state index in [1.54, 1.807) is 0 Å². The molecule has 0 atom stereocenters. The van der Waals surface area contributed by atoms with E-state index in [0.29, 0.717) is 0 Å². The molecule has 4 heterocycles. The fourth-order valence-electron chi connectivity index (χ4n) is 16.9. The first-order chi connectivity index (χ1) is 49.6. The lowest BCUT2D eigenvalue weighted by molar-refractivity contribution is 0.660. The van der Waals surface area contributed by atoms with Crippen LogP contribution >= 0.6 is 0 Å². The van der Waals surface area contributed by atoms with Gasteiger partial charge in [0.05, 0.1) is 5.41 Å². The van der Waals surface area contributed by atoms with E-state index in [1.165, 1.54) is 77.9 Å². The summed E-state index contributed by atoms with van der Waals surface area (Å²) in [5.41, 5.74) is 23.1. The normalized spacial score (nSPS) is 14.1. The largest absolute Gasteiger partial charge is 0.278 e. The molecule has 0 aliphatic heterocycles. The van der Waals surface area contributed by atoms with Gasteiger partial charge in [-0.3, -0.25) is 9.80 Å². The van der Waals surface area contributed by atoms with Crippen LogP contribution in [0.5, 0.6) is 0 Å². The van der Waals surface area contributed by atoms with Crippen LogP contribution in [0, 0.1) is 0 Å². The van der Waals surface area contributed by atoms with Crippen molar-refractivity contribution < 1.29 is 0 Å². The Morgan fingerprint density at radius 2 is 0.505 bits per heavy atom. The smallest absolute Gasteiger partial charge is 0.146 e. The molecule has 12 aromatic carbocycles. The molecule has 0 amide bonds. The van der Waals surface area contributed by atoms with Crippen molar-refractivity contribution in [3.8, 4) is 33.4 Å². The molecule has 0 saturated heterocycles. The third-order valence-electron chi connectivity index (χ3n) is 21.9. The van der Waals surface area contributed by atoms with Crippen LogP contribution in [0.25, 0.3) is 101 Å². The number of anilines is 6. The summed E-state index contributed by atoms with van der Waals surface area (Å²) in [6.45, 7) is 9.47. The maximum absolute atomic E-state index is 5.09. The average Bonchev–Trinajstić information content (AvgIpc) is 1.55. The Hall–Kier alpha value is -12.6. The van der Waals surface area contributed by atoms with Gasteiger partial charge in [-0.05, 0) is 182 Å². The minimum absolute atomic E-state index is 0.303. The predicted molar refractivity (Wildman–Crippen MR) is 420 cm³/mol. The van der Waals surface area contributed by atoms with Crippen LogP contribution in [-0.4, -0.2) is 19.9 Å². The molecule has 4 aromatic heterocycles. The summed E-state index contributed by atoms with van der Waals surface area (Å²) in [5.74, 6) is 3.39. The molecule has 6 nitrogen and oxygen atoms in total. The van der Waals surface area contributed by atoms with E-state index >= 15 is 0 Å². The zero-order valence-electron chi connectivity index (χ0n) is 56.5. The van der Waals surface area contributed by atoms with Crippen molar-refractivity contribution in [2.45, 2.75) is 43.9 Å². The van der Waals surface area contributed by atoms with Crippen molar-refractivity contribution in [2.75, 3.05) is 9.80 Å². The fraction of sp³-hybridized carbons (Fsp3) is 0.0737. The number of fused-ring (bicyclic) bond motifs is 13. The molecule has 6 heteroatoms. The van der Waals surface area contributed by atoms with Crippen molar-refractivity contribution in [3.63, 3.8) is 0 Å². The SMILES string of the molecule is CC1(C)c2cc(/C=C/c3ccc4c(c3)C(c3ccccc3)(c3ccccc3)c3cc(/C=C/c5ccc6c(c5)C(C)(C)c5cc(N(c7nccc8ccccc78)c7nccc8ccccc78)ccc5-6)ccc3-4)ccc2-c2ccc(N(c3nccc4ccccc34)c3nccc4ccccc34)cc21. The van der Waals surface area contributed by atoms with Gasteiger partial charge in [-0.15, -0.1) is 0 Å². The Labute approximate surface area is 588 Å². The second-order valence-corrected chi connectivity index (χ2v) is 28.2. The first-order valence-corrected chi connectivity index (χ1v) is 34.9. The van der Waals surface area contributed by atoms with Crippen molar-refractivity contribution in [3.05, 3.63) is 383 Å². The first kappa shape index (κ1) is 59.6. The monoisotopic (exact) mass is 1290 g/mol. The number of rotatable bonds is 12. The molecule has 3 aliphatic carbocycles. The second kappa shape index (κ2) is 23.3. The minimum Gasteiger partial charge on any atom is -0.278 e. The van der Waals surface area contributed by atoms with E-state index in [4.69, 9.17) is 19.9 Å². The fourth-order valence-corrected chi connectivity index (χ4v) is 16.9. The van der Waals surface area contributed by atoms with Crippen molar-refractivity contribution in [2.24, 2.45) is 0 Å². The highest BCUT2D eigenvalue weighted by molar-refractivity contribution is 6.05. The molecule has 16 aromatic rings. The molecule has 101 heavy (non-hydrogen) atoms. The van der Waals surface area contributed by atoms with Crippen LogP contribution in [0.2, 0.25) is 0 Å². The van der Waals surface area contributed by atoms with Crippen LogP contribution in [0.15, 0.2) is 316 Å². The van der Waals surface area contributed by atoms with Crippen molar-refractivity contribution in [1.29, 1.82) is 0 Å². The highest BCUT2D eigenvalue weighted by atomic mass is 15.2. The maximum Gasteiger partial charge on any atom is 0.146 e. The van der Waals surface area contributed by atoms with Gasteiger partial charge in [-0.2, -0.15) is 0 Å². The van der Waals surface area contributed by atoms with Crippen LogP contribution in [0.3, 0.4) is 0 Å². The zero-order valence-corrected chi connectivity index (χ0v) is 56.5. The van der Waals surface area contributed by atoms with E-state index in [-0.39, 0.29) is 10.8 Å². The quantitative estimate of drug-likeness (QED) is 0.114. The van der Waals surface area contributed by atoms with Crippen molar-refractivity contribution >= 4 is 102 Å². The summed E-state index contributed by atoms with van der Waals surface area (Å²) < 4.78 is 0. The minimum atomic E-state index is -0.600. The van der Waals surface area contributed by atoms with E-state index in [9.17, 15) is 0 Å². The summed E-state index contributed by atoms with van der Waals surface area (Å²) in [7, 11) is 0. The molecule has 0 radical (unpaired) electrons. The van der Waals surface area contributed by atoms with Gasteiger partial charge in [-0.1, -0.05) is 283 Å². The molecule has 0 saturated carbocycles. The maximum atomic E-state index is 5.09. The summed E-state index contributed by atoms with van der Waals surface area (Å²) in [4.78, 5) is 24.9. The number of hydrogen-bond acceptors (Lipinski definition) is 6. The number of nitrogens with zero attached hydrogens (tertiary/aromatic N) is 6. The lowest BCUT2D eigenvalue weighted by Gasteiger charge is -2.34. The third kappa shape index (κ3) is 9.46. The summed E-state index contributed by atoms with van der Waals surface area (Å²) in [6.07, 6.45) is 16.8. The second-order valence-electron chi connectivity index (χ2n) is 28.2. The number of pyridine rings is 4. The van der Waals surface area contributed by atoms with Crippen molar-refractivity contribution in [1.82, 2.24) is 19.9 Å². The molecule has 0 bridgehead atoms. The Morgan fingerprint density at radius 1 is 0.248 bits per heavy atom. The lowest BCUT2D eigenvalue weighted by atomic mass is 9.67. The Kier molecular flexibility index (Phi) is 13.7. The molecule has 0 spiro atoms. The molecule has 19 rings (SSSR count). The van der Waals surface area contributed by atoms with E-state index in [1.807, 2.05) is 24.8 Å². The van der Waals surface area contributed by atoms with E-state index in [2.05, 4.69) is 353 Å². The van der Waals surface area contributed by atoms with Gasteiger partial charge >= 0.3 is 0 Å². The predicted octanol–water partition coefficient (Wildman–Crippen LogP) is 24.1. The van der Waals surface area contributed by atoms with Gasteiger partial charge in [0.1, 0.15) is 23.3 Å². The Balaban J connectivity index is 0.646. The Morgan fingerprint density at radius 3 is 0.822 bits per heavy atom. The standard InChI is InChI=1S/C95H68N6/c1-93(2)83-55-61(35-41-77(83)79-45-39-71(59-85(79)93)100(89-73-27-15-11-19-65(73)47-51-96-89)90-74-28-16-12-20-66(74)48-52-97-90)31-33-63-37-43-81-82-44-38-64(58-88(82)95(87(81)57-63,69-23-7-5-8-24-69)70-25-9-6-10-26-70)34-32-62-36-42-78-80-46-40-72(60-86(80)94(3,4)84(78)56-62)101(91-75-29-17-13-21-67(75)49-53-98-91)92-76-30-18-14-22-68(76)50-54-99-92/h5-60H,1-4H3/b33-31+,34-32+. The lowest BCUT2D eigenvalue weighted by Crippen LogP contribution is -2.28. The average molecular weight is 1290 g/mol. The van der Waals surface area contributed by atoms with Gasteiger partial charge in [0, 0.05) is 68.5 Å². The molecule has 478 valence electrons. The zero-order chi connectivity index (χ0) is 67.6. The molecular formula is C95H68N6. The van der Waals surface area contributed by atoms with Gasteiger partial charge in [0.15, 0.2) is 0 Å². The first-order valence-electron chi connectivity index (χ1n) is 34.9. The summed E-state index contributed by atoms with van der Waals surface area (Å²) in [6, 6.07) is 107. The van der Waals surface area contributed by atoms with Crippen LogP contribution in [-0.2, 0) is 16.2 Å². The van der Waals surface area contributed by atoms with Gasteiger partial charge in [0.25, 0.3) is 0 Å².